The Kier molecular flexibility index (Phi) is 4.50. The van der Waals surface area contributed by atoms with Gasteiger partial charge in [-0.15, -0.1) is 0 Å². The summed E-state index contributed by atoms with van der Waals surface area (Å²) in [5.41, 5.74) is 11.9. The highest BCUT2D eigenvalue weighted by molar-refractivity contribution is 6.01. The number of ether oxygens (including phenoxy) is 1. The second kappa shape index (κ2) is 5.94. The molecule has 0 spiro atoms. The SMILES string of the molecule is CCOC1CC(N)(C(=O)Nc2ccc(C)c(C(N)=O)c2)C1(C)C. The maximum atomic E-state index is 12.6. The van der Waals surface area contributed by atoms with Crippen LogP contribution >= 0.6 is 0 Å². The zero-order valence-corrected chi connectivity index (χ0v) is 14.1. The number of amides is 2. The number of anilines is 1. The number of carbonyl (C=O) groups is 2. The van der Waals surface area contributed by atoms with Crippen molar-refractivity contribution < 1.29 is 14.3 Å². The first-order chi connectivity index (χ1) is 10.6. The van der Waals surface area contributed by atoms with Crippen molar-refractivity contribution in [2.24, 2.45) is 16.9 Å². The number of hydrogen-bond acceptors (Lipinski definition) is 4. The van der Waals surface area contributed by atoms with E-state index >= 15 is 0 Å². The van der Waals surface area contributed by atoms with Crippen LogP contribution in [-0.4, -0.2) is 30.1 Å². The summed E-state index contributed by atoms with van der Waals surface area (Å²) in [6.45, 7) is 8.16. The maximum Gasteiger partial charge on any atom is 0.249 e. The molecule has 126 valence electrons. The quantitative estimate of drug-likeness (QED) is 0.765. The Hall–Kier alpha value is -1.92. The molecule has 0 bridgehead atoms. The maximum absolute atomic E-state index is 12.6. The number of nitrogens with one attached hydrogen (secondary N) is 1. The van der Waals surface area contributed by atoms with Gasteiger partial charge in [-0.2, -0.15) is 0 Å². The monoisotopic (exact) mass is 319 g/mol. The molecule has 0 radical (unpaired) electrons. The van der Waals surface area contributed by atoms with Gasteiger partial charge in [0.05, 0.1) is 6.10 Å². The highest BCUT2D eigenvalue weighted by atomic mass is 16.5. The van der Waals surface area contributed by atoms with Gasteiger partial charge in [-0.05, 0) is 31.5 Å². The van der Waals surface area contributed by atoms with Gasteiger partial charge in [-0.1, -0.05) is 19.9 Å². The molecule has 23 heavy (non-hydrogen) atoms. The summed E-state index contributed by atoms with van der Waals surface area (Å²) in [6.07, 6.45) is 0.427. The number of benzene rings is 1. The van der Waals surface area contributed by atoms with Crippen molar-refractivity contribution in [3.8, 4) is 0 Å². The lowest BCUT2D eigenvalue weighted by Gasteiger charge is -2.57. The van der Waals surface area contributed by atoms with Crippen LogP contribution < -0.4 is 16.8 Å². The van der Waals surface area contributed by atoms with Gasteiger partial charge in [-0.25, -0.2) is 0 Å². The molecular weight excluding hydrogens is 294 g/mol. The van der Waals surface area contributed by atoms with Crippen LogP contribution in [0.15, 0.2) is 18.2 Å². The van der Waals surface area contributed by atoms with E-state index in [2.05, 4.69) is 5.32 Å². The number of aryl methyl sites for hydroxylation is 1. The molecule has 6 nitrogen and oxygen atoms in total. The summed E-state index contributed by atoms with van der Waals surface area (Å²) < 4.78 is 5.63. The predicted octanol–water partition coefficient (Wildman–Crippen LogP) is 1.56. The van der Waals surface area contributed by atoms with Crippen LogP contribution in [0.2, 0.25) is 0 Å². The van der Waals surface area contributed by atoms with Gasteiger partial charge >= 0.3 is 0 Å². The van der Waals surface area contributed by atoms with Gasteiger partial charge in [0.15, 0.2) is 0 Å². The lowest BCUT2D eigenvalue weighted by molar-refractivity contribution is -0.166. The molecule has 6 heteroatoms. The molecule has 0 aromatic heterocycles. The molecule has 1 saturated carbocycles. The summed E-state index contributed by atoms with van der Waals surface area (Å²) in [7, 11) is 0. The lowest BCUT2D eigenvalue weighted by atomic mass is 9.54. The molecule has 5 N–H and O–H groups in total. The summed E-state index contributed by atoms with van der Waals surface area (Å²) in [5, 5.41) is 2.80. The predicted molar refractivity (Wildman–Crippen MR) is 89.1 cm³/mol. The summed E-state index contributed by atoms with van der Waals surface area (Å²) in [5.74, 6) is -0.806. The molecule has 1 aliphatic rings. The van der Waals surface area contributed by atoms with E-state index in [-0.39, 0.29) is 12.0 Å². The van der Waals surface area contributed by atoms with E-state index in [0.29, 0.717) is 24.3 Å². The van der Waals surface area contributed by atoms with Crippen LogP contribution in [-0.2, 0) is 9.53 Å². The Labute approximate surface area is 136 Å². The van der Waals surface area contributed by atoms with Crippen LogP contribution in [0, 0.1) is 12.3 Å². The van der Waals surface area contributed by atoms with Crippen LogP contribution in [0.1, 0.15) is 43.1 Å². The third-order valence-electron chi connectivity index (χ3n) is 5.00. The van der Waals surface area contributed by atoms with Crippen molar-refractivity contribution in [3.63, 3.8) is 0 Å². The van der Waals surface area contributed by atoms with Crippen LogP contribution in [0.5, 0.6) is 0 Å². The molecule has 2 atom stereocenters. The van der Waals surface area contributed by atoms with Gasteiger partial charge in [0.2, 0.25) is 11.8 Å². The first kappa shape index (κ1) is 17.4. The van der Waals surface area contributed by atoms with Gasteiger partial charge in [0, 0.05) is 29.7 Å². The van der Waals surface area contributed by atoms with Crippen molar-refractivity contribution >= 4 is 17.5 Å². The molecular formula is C17H25N3O3. The highest BCUT2D eigenvalue weighted by Gasteiger charge is 2.62. The first-order valence-electron chi connectivity index (χ1n) is 7.76. The Morgan fingerprint density at radius 1 is 1.39 bits per heavy atom. The minimum atomic E-state index is -1.01. The molecule has 2 rings (SSSR count). The topological polar surface area (TPSA) is 107 Å². The lowest BCUT2D eigenvalue weighted by Crippen LogP contribution is -2.74. The van der Waals surface area contributed by atoms with Gasteiger partial charge in [-0.3, -0.25) is 9.59 Å². The van der Waals surface area contributed by atoms with Crippen molar-refractivity contribution in [2.75, 3.05) is 11.9 Å². The smallest absolute Gasteiger partial charge is 0.249 e. The Morgan fingerprint density at radius 2 is 2.04 bits per heavy atom. The Morgan fingerprint density at radius 3 is 2.57 bits per heavy atom. The third kappa shape index (κ3) is 2.84. The molecule has 1 fully saturated rings. The largest absolute Gasteiger partial charge is 0.378 e. The third-order valence-corrected chi connectivity index (χ3v) is 5.00. The minimum Gasteiger partial charge on any atom is -0.378 e. The molecule has 0 heterocycles. The summed E-state index contributed by atoms with van der Waals surface area (Å²) in [6, 6.07) is 5.05. The molecule has 0 saturated heterocycles. The Balaban J connectivity index is 2.17. The van der Waals surface area contributed by atoms with Crippen LogP contribution in [0.4, 0.5) is 5.69 Å². The average molecular weight is 319 g/mol. The molecule has 1 aromatic rings. The summed E-state index contributed by atoms with van der Waals surface area (Å²) in [4.78, 5) is 24.1. The number of hydrogen-bond donors (Lipinski definition) is 3. The van der Waals surface area contributed by atoms with Crippen molar-refractivity contribution in [1.29, 1.82) is 0 Å². The zero-order valence-electron chi connectivity index (χ0n) is 14.1. The van der Waals surface area contributed by atoms with E-state index in [1.807, 2.05) is 20.8 Å². The molecule has 1 aromatic carbocycles. The number of primary amides is 1. The minimum absolute atomic E-state index is 0.0394. The van der Waals surface area contributed by atoms with E-state index in [9.17, 15) is 9.59 Å². The second-order valence-corrected chi connectivity index (χ2v) is 6.69. The number of nitrogens with two attached hydrogens (primary N) is 2. The van der Waals surface area contributed by atoms with Crippen molar-refractivity contribution in [2.45, 2.75) is 45.8 Å². The van der Waals surface area contributed by atoms with E-state index in [4.69, 9.17) is 16.2 Å². The standard InChI is InChI=1S/C17H25N3O3/c1-5-23-13-9-17(19,16(13,3)4)15(22)20-11-7-6-10(2)12(8-11)14(18)21/h6-8,13H,5,9,19H2,1-4H3,(H2,18,21)(H,20,22). The number of carbonyl (C=O) groups excluding carboxylic acids is 2. The van der Waals surface area contributed by atoms with Gasteiger partial charge in [0.25, 0.3) is 0 Å². The normalized spacial score (nSPS) is 25.5. The van der Waals surface area contributed by atoms with E-state index < -0.39 is 16.9 Å². The van der Waals surface area contributed by atoms with Gasteiger partial charge in [0.1, 0.15) is 5.54 Å². The molecule has 0 aliphatic heterocycles. The van der Waals surface area contributed by atoms with Crippen molar-refractivity contribution in [1.82, 2.24) is 0 Å². The van der Waals surface area contributed by atoms with Crippen LogP contribution in [0.3, 0.4) is 0 Å². The van der Waals surface area contributed by atoms with Crippen molar-refractivity contribution in [3.05, 3.63) is 29.3 Å². The second-order valence-electron chi connectivity index (χ2n) is 6.69. The molecule has 2 amide bonds. The van der Waals surface area contributed by atoms with Crippen LogP contribution in [0.25, 0.3) is 0 Å². The number of rotatable bonds is 5. The first-order valence-corrected chi connectivity index (χ1v) is 7.76. The fourth-order valence-corrected chi connectivity index (χ4v) is 3.03. The van der Waals surface area contributed by atoms with E-state index in [1.54, 1.807) is 25.1 Å². The summed E-state index contributed by atoms with van der Waals surface area (Å²) >= 11 is 0. The average Bonchev–Trinajstić information content (AvgIpc) is 2.48. The fraction of sp³-hybridized carbons (Fsp3) is 0.529. The van der Waals surface area contributed by atoms with Gasteiger partial charge < -0.3 is 21.5 Å². The van der Waals surface area contributed by atoms with E-state index in [0.717, 1.165) is 5.56 Å². The molecule has 1 aliphatic carbocycles. The van der Waals surface area contributed by atoms with E-state index in [1.165, 1.54) is 0 Å². The highest BCUT2D eigenvalue weighted by Crippen LogP contribution is 2.50. The fourth-order valence-electron chi connectivity index (χ4n) is 3.03. The zero-order chi connectivity index (χ0) is 17.4. The Bertz CT molecular complexity index is 642. The molecule has 2 unspecified atom stereocenters.